The van der Waals surface area contributed by atoms with E-state index in [-0.39, 0.29) is 5.91 Å². The van der Waals surface area contributed by atoms with Crippen molar-refractivity contribution in [1.82, 2.24) is 4.98 Å². The Morgan fingerprint density at radius 1 is 1.23 bits per heavy atom. The number of carbonyl (C=O) groups is 1. The maximum absolute atomic E-state index is 12.6. The highest BCUT2D eigenvalue weighted by Crippen LogP contribution is 2.32. The molecule has 3 rings (SSSR count). The lowest BCUT2D eigenvalue weighted by Gasteiger charge is -2.12. The summed E-state index contributed by atoms with van der Waals surface area (Å²) in [4.78, 5) is 18.1. The van der Waals surface area contributed by atoms with E-state index in [4.69, 9.17) is 9.47 Å². The summed E-state index contributed by atoms with van der Waals surface area (Å²) in [5.41, 5.74) is 2.05. The molecule has 136 valence electrons. The lowest BCUT2D eigenvalue weighted by molar-refractivity contribution is 0.102. The number of thiophene rings is 1. The summed E-state index contributed by atoms with van der Waals surface area (Å²) in [6.07, 6.45) is 0. The maximum atomic E-state index is 12.6. The number of benzene rings is 1. The average Bonchev–Trinajstić information content (AvgIpc) is 3.26. The van der Waals surface area contributed by atoms with Gasteiger partial charge in [0.2, 0.25) is 0 Å². The summed E-state index contributed by atoms with van der Waals surface area (Å²) in [6.45, 7) is 2.87. The number of ether oxygens (including phenoxy) is 2. The van der Waals surface area contributed by atoms with E-state index >= 15 is 0 Å². The number of amides is 1. The molecule has 0 aliphatic heterocycles. The SMILES string of the molecule is COCCOc1cc(C)ccc1NC(=O)c1csc(-c2cc(Br)cs2)n1. The molecule has 3 aromatic rings. The molecule has 0 aliphatic carbocycles. The van der Waals surface area contributed by atoms with Crippen molar-refractivity contribution < 1.29 is 14.3 Å². The Labute approximate surface area is 168 Å². The van der Waals surface area contributed by atoms with Gasteiger partial charge < -0.3 is 14.8 Å². The summed E-state index contributed by atoms with van der Waals surface area (Å²) in [5, 5.41) is 7.46. The van der Waals surface area contributed by atoms with Crippen LogP contribution in [0.5, 0.6) is 5.75 Å². The van der Waals surface area contributed by atoms with Gasteiger partial charge in [0, 0.05) is 22.3 Å². The molecule has 0 atom stereocenters. The largest absolute Gasteiger partial charge is 0.489 e. The van der Waals surface area contributed by atoms with Gasteiger partial charge >= 0.3 is 0 Å². The van der Waals surface area contributed by atoms with Crippen LogP contribution in [-0.2, 0) is 4.74 Å². The third-order valence-corrected chi connectivity index (χ3v) is 6.15. The van der Waals surface area contributed by atoms with E-state index in [1.165, 1.54) is 11.3 Å². The van der Waals surface area contributed by atoms with E-state index < -0.39 is 0 Å². The second-order valence-corrected chi connectivity index (χ2v) is 8.15. The zero-order valence-corrected chi connectivity index (χ0v) is 17.5. The molecule has 2 aromatic heterocycles. The summed E-state index contributed by atoms with van der Waals surface area (Å²) in [5.74, 6) is 0.358. The molecule has 5 nitrogen and oxygen atoms in total. The van der Waals surface area contributed by atoms with Crippen molar-refractivity contribution in [2.45, 2.75) is 6.92 Å². The summed E-state index contributed by atoms with van der Waals surface area (Å²) in [6, 6.07) is 7.64. The Hall–Kier alpha value is -1.74. The molecule has 0 aliphatic rings. The van der Waals surface area contributed by atoms with Crippen LogP contribution in [0.4, 0.5) is 5.69 Å². The van der Waals surface area contributed by atoms with E-state index in [9.17, 15) is 4.79 Å². The number of aromatic nitrogens is 1. The second-order valence-electron chi connectivity index (χ2n) is 5.46. The van der Waals surface area contributed by atoms with Crippen LogP contribution < -0.4 is 10.1 Å². The van der Waals surface area contributed by atoms with Crippen molar-refractivity contribution in [3.05, 3.63) is 50.8 Å². The highest BCUT2D eigenvalue weighted by Gasteiger charge is 2.15. The fraction of sp³-hybridized carbons (Fsp3) is 0.222. The zero-order valence-electron chi connectivity index (χ0n) is 14.2. The van der Waals surface area contributed by atoms with E-state index in [1.54, 1.807) is 23.8 Å². The fourth-order valence-corrected chi connectivity index (χ4v) is 4.50. The Balaban J connectivity index is 1.74. The molecule has 2 heterocycles. The third kappa shape index (κ3) is 4.70. The molecule has 0 fully saturated rings. The number of rotatable bonds is 7. The molecule has 0 radical (unpaired) electrons. The monoisotopic (exact) mass is 452 g/mol. The first-order valence-corrected chi connectivity index (χ1v) is 10.4. The molecular formula is C18H17BrN2O3S2. The highest BCUT2D eigenvalue weighted by atomic mass is 79.9. The van der Waals surface area contributed by atoms with E-state index in [1.807, 2.05) is 36.6 Å². The minimum absolute atomic E-state index is 0.261. The van der Waals surface area contributed by atoms with Gasteiger partial charge in [-0.1, -0.05) is 6.07 Å². The second kappa shape index (κ2) is 8.77. The molecule has 0 saturated carbocycles. The van der Waals surface area contributed by atoms with Crippen LogP contribution in [0.3, 0.4) is 0 Å². The highest BCUT2D eigenvalue weighted by molar-refractivity contribution is 9.10. The van der Waals surface area contributed by atoms with Gasteiger partial charge in [0.15, 0.2) is 0 Å². The quantitative estimate of drug-likeness (QED) is 0.499. The minimum atomic E-state index is -0.261. The normalized spacial score (nSPS) is 10.7. The van der Waals surface area contributed by atoms with Crippen molar-refractivity contribution in [3.8, 4) is 15.6 Å². The topological polar surface area (TPSA) is 60.5 Å². The van der Waals surface area contributed by atoms with Gasteiger partial charge in [0.25, 0.3) is 5.91 Å². The average molecular weight is 453 g/mol. The van der Waals surface area contributed by atoms with Crippen LogP contribution in [-0.4, -0.2) is 31.2 Å². The molecule has 1 aromatic carbocycles. The van der Waals surface area contributed by atoms with Crippen LogP contribution in [0.15, 0.2) is 39.5 Å². The number of aryl methyl sites for hydroxylation is 1. The first kappa shape index (κ1) is 19.0. The van der Waals surface area contributed by atoms with Crippen LogP contribution in [0.2, 0.25) is 0 Å². The first-order chi connectivity index (χ1) is 12.6. The van der Waals surface area contributed by atoms with Gasteiger partial charge in [-0.15, -0.1) is 22.7 Å². The molecule has 26 heavy (non-hydrogen) atoms. The standard InChI is InChI=1S/C18H17BrN2O3S2/c1-11-3-4-13(15(7-11)24-6-5-23-2)20-17(22)14-10-26-18(21-14)16-8-12(19)9-25-16/h3-4,7-10H,5-6H2,1-2H3,(H,20,22). The van der Waals surface area contributed by atoms with Gasteiger partial charge in [0.1, 0.15) is 23.1 Å². The Bertz CT molecular complexity index is 907. The van der Waals surface area contributed by atoms with Crippen molar-refractivity contribution in [3.63, 3.8) is 0 Å². The minimum Gasteiger partial charge on any atom is -0.489 e. The number of thiazole rings is 1. The summed E-state index contributed by atoms with van der Waals surface area (Å²) in [7, 11) is 1.62. The maximum Gasteiger partial charge on any atom is 0.275 e. The fourth-order valence-electron chi connectivity index (χ4n) is 2.19. The van der Waals surface area contributed by atoms with Crippen LogP contribution in [0.25, 0.3) is 9.88 Å². The first-order valence-electron chi connectivity index (χ1n) is 7.80. The van der Waals surface area contributed by atoms with Gasteiger partial charge in [-0.25, -0.2) is 4.98 Å². The molecule has 1 N–H and O–H groups in total. The Morgan fingerprint density at radius 3 is 2.81 bits per heavy atom. The summed E-state index contributed by atoms with van der Waals surface area (Å²) >= 11 is 6.47. The Morgan fingerprint density at radius 2 is 2.08 bits per heavy atom. The van der Waals surface area contributed by atoms with E-state index in [2.05, 4.69) is 26.2 Å². The van der Waals surface area contributed by atoms with Crippen molar-refractivity contribution >= 4 is 50.2 Å². The van der Waals surface area contributed by atoms with Gasteiger partial charge in [-0.05, 0) is 46.6 Å². The number of halogens is 1. The number of hydrogen-bond donors (Lipinski definition) is 1. The number of nitrogens with one attached hydrogen (secondary N) is 1. The zero-order chi connectivity index (χ0) is 18.5. The lowest BCUT2D eigenvalue weighted by Crippen LogP contribution is -2.14. The smallest absolute Gasteiger partial charge is 0.275 e. The summed E-state index contributed by atoms with van der Waals surface area (Å²) < 4.78 is 11.7. The van der Waals surface area contributed by atoms with Crippen molar-refractivity contribution in [1.29, 1.82) is 0 Å². The van der Waals surface area contributed by atoms with E-state index in [0.29, 0.717) is 30.3 Å². The van der Waals surface area contributed by atoms with E-state index in [0.717, 1.165) is 19.9 Å². The molecule has 1 amide bonds. The number of anilines is 1. The molecule has 0 spiro atoms. The van der Waals surface area contributed by atoms with Crippen LogP contribution >= 0.6 is 38.6 Å². The van der Waals surface area contributed by atoms with Crippen LogP contribution in [0.1, 0.15) is 16.1 Å². The third-order valence-electron chi connectivity index (χ3n) is 3.45. The van der Waals surface area contributed by atoms with Gasteiger partial charge in [0.05, 0.1) is 17.2 Å². The lowest BCUT2D eigenvalue weighted by atomic mass is 10.2. The van der Waals surface area contributed by atoms with Gasteiger partial charge in [-0.3, -0.25) is 4.79 Å². The van der Waals surface area contributed by atoms with Crippen LogP contribution in [0, 0.1) is 6.92 Å². The molecular weight excluding hydrogens is 436 g/mol. The number of hydrogen-bond acceptors (Lipinski definition) is 6. The number of methoxy groups -OCH3 is 1. The van der Waals surface area contributed by atoms with Crippen molar-refractivity contribution in [2.75, 3.05) is 25.6 Å². The predicted octanol–water partition coefficient (Wildman–Crippen LogP) is 5.22. The predicted molar refractivity (Wildman–Crippen MR) is 110 cm³/mol. The molecule has 8 heteroatoms. The van der Waals surface area contributed by atoms with Gasteiger partial charge in [-0.2, -0.15) is 0 Å². The van der Waals surface area contributed by atoms with Crippen molar-refractivity contribution in [2.24, 2.45) is 0 Å². The number of carbonyl (C=O) groups excluding carboxylic acids is 1. The number of nitrogens with zero attached hydrogens (tertiary/aromatic N) is 1. The molecule has 0 saturated heterocycles. The Kier molecular flexibility index (Phi) is 6.42. The molecule has 0 unspecified atom stereocenters. The molecule has 0 bridgehead atoms.